The van der Waals surface area contributed by atoms with Gasteiger partial charge in [-0.1, -0.05) is 0 Å². The first-order valence-corrected chi connectivity index (χ1v) is 3.50. The smallest absolute Gasteiger partial charge is 0.328 e. The van der Waals surface area contributed by atoms with E-state index >= 15 is 0 Å². The maximum absolute atomic E-state index is 10.1. The Morgan fingerprint density at radius 1 is 1.73 bits per heavy atom. The number of carboxylic acid groups (broad SMARTS) is 1. The second-order valence-corrected chi connectivity index (χ2v) is 2.32. The number of allylic oxidation sites excluding steroid dienone is 1. The second-order valence-electron chi connectivity index (χ2n) is 2.32. The van der Waals surface area contributed by atoms with Gasteiger partial charge in [0.25, 0.3) is 0 Å². The van der Waals surface area contributed by atoms with Crippen molar-refractivity contribution >= 4 is 5.97 Å². The molecule has 0 saturated heterocycles. The van der Waals surface area contributed by atoms with Crippen LogP contribution in [0.5, 0.6) is 0 Å². The molecule has 1 aliphatic rings. The van der Waals surface area contributed by atoms with Crippen LogP contribution in [0.25, 0.3) is 0 Å². The Morgan fingerprint density at radius 3 is 3.09 bits per heavy atom. The van der Waals surface area contributed by atoms with Crippen LogP contribution in [-0.2, 0) is 9.53 Å². The summed E-state index contributed by atoms with van der Waals surface area (Å²) in [4.78, 5) is 10.1. The van der Waals surface area contributed by atoms with Crippen molar-refractivity contribution in [2.75, 3.05) is 0 Å². The topological polar surface area (TPSA) is 46.5 Å². The van der Waals surface area contributed by atoms with Gasteiger partial charge < -0.3 is 9.84 Å². The van der Waals surface area contributed by atoms with E-state index in [1.165, 1.54) is 0 Å². The zero-order valence-corrected chi connectivity index (χ0v) is 6.06. The number of carboxylic acids is 1. The fourth-order valence-corrected chi connectivity index (χ4v) is 0.884. The van der Waals surface area contributed by atoms with E-state index in [1.54, 1.807) is 12.3 Å². The molecular formula is C8H10O3. The fourth-order valence-electron chi connectivity index (χ4n) is 0.884. The van der Waals surface area contributed by atoms with Crippen molar-refractivity contribution in [2.24, 2.45) is 0 Å². The number of hydrogen-bond donors (Lipinski definition) is 1. The van der Waals surface area contributed by atoms with Crippen molar-refractivity contribution in [3.05, 3.63) is 24.5 Å². The molecule has 11 heavy (non-hydrogen) atoms. The number of ether oxygens (including phenoxy) is 1. The molecule has 1 heterocycles. The zero-order chi connectivity index (χ0) is 8.10. The van der Waals surface area contributed by atoms with Crippen LogP contribution in [0, 0.1) is 0 Å². The third kappa shape index (κ3) is 2.89. The fraction of sp³-hybridized carbons (Fsp3) is 0.375. The SMILES string of the molecule is O=C(O)/C=C/[C@H]1CCC=CO1. The third-order valence-corrected chi connectivity index (χ3v) is 1.42. The molecule has 3 nitrogen and oxygen atoms in total. The van der Waals surface area contributed by atoms with E-state index in [1.807, 2.05) is 6.08 Å². The molecule has 0 unspecified atom stereocenters. The van der Waals surface area contributed by atoms with Crippen molar-refractivity contribution in [1.29, 1.82) is 0 Å². The van der Waals surface area contributed by atoms with E-state index < -0.39 is 5.97 Å². The highest BCUT2D eigenvalue weighted by Crippen LogP contribution is 2.10. The Bertz CT molecular complexity index is 194. The van der Waals surface area contributed by atoms with E-state index in [4.69, 9.17) is 9.84 Å². The van der Waals surface area contributed by atoms with Gasteiger partial charge in [-0.2, -0.15) is 0 Å². The lowest BCUT2D eigenvalue weighted by Gasteiger charge is -2.14. The van der Waals surface area contributed by atoms with Crippen molar-refractivity contribution in [2.45, 2.75) is 18.9 Å². The van der Waals surface area contributed by atoms with Gasteiger partial charge in [-0.05, 0) is 25.0 Å². The predicted octanol–water partition coefficient (Wildman–Crippen LogP) is 1.32. The van der Waals surface area contributed by atoms with Crippen molar-refractivity contribution in [1.82, 2.24) is 0 Å². The van der Waals surface area contributed by atoms with Crippen LogP contribution in [0.1, 0.15) is 12.8 Å². The average molecular weight is 154 g/mol. The minimum absolute atomic E-state index is 0.0592. The van der Waals surface area contributed by atoms with Crippen LogP contribution >= 0.6 is 0 Å². The standard InChI is InChI=1S/C8H10O3/c9-8(10)5-4-7-3-1-2-6-11-7/h2,4-7H,1,3H2,(H,9,10)/b5-4+/t7-/m1/s1. The Kier molecular flexibility index (Phi) is 2.72. The van der Waals surface area contributed by atoms with Gasteiger partial charge in [0.1, 0.15) is 6.10 Å². The number of aliphatic carboxylic acids is 1. The van der Waals surface area contributed by atoms with Gasteiger partial charge >= 0.3 is 5.97 Å². The van der Waals surface area contributed by atoms with Crippen molar-refractivity contribution in [3.8, 4) is 0 Å². The van der Waals surface area contributed by atoms with E-state index in [2.05, 4.69) is 0 Å². The van der Waals surface area contributed by atoms with Gasteiger partial charge in [0, 0.05) is 6.08 Å². The van der Waals surface area contributed by atoms with E-state index in [0.29, 0.717) is 0 Å². The third-order valence-electron chi connectivity index (χ3n) is 1.42. The minimum atomic E-state index is -0.928. The highest BCUT2D eigenvalue weighted by molar-refractivity contribution is 5.79. The summed E-state index contributed by atoms with van der Waals surface area (Å²) in [5.41, 5.74) is 0. The molecule has 1 aliphatic heterocycles. The molecular weight excluding hydrogens is 144 g/mol. The zero-order valence-electron chi connectivity index (χ0n) is 6.06. The lowest BCUT2D eigenvalue weighted by atomic mass is 10.1. The van der Waals surface area contributed by atoms with Crippen molar-refractivity contribution in [3.63, 3.8) is 0 Å². The minimum Gasteiger partial charge on any atom is -0.494 e. The molecule has 0 aromatic heterocycles. The summed E-state index contributed by atoms with van der Waals surface area (Å²) in [5, 5.41) is 8.28. The molecule has 0 amide bonds. The van der Waals surface area contributed by atoms with Gasteiger partial charge in [0.2, 0.25) is 0 Å². The molecule has 3 heteroatoms. The normalized spacial score (nSPS) is 23.5. The van der Waals surface area contributed by atoms with E-state index in [-0.39, 0.29) is 6.10 Å². The molecule has 1 N–H and O–H groups in total. The Hall–Kier alpha value is -1.25. The van der Waals surface area contributed by atoms with Gasteiger partial charge in [0.15, 0.2) is 0 Å². The van der Waals surface area contributed by atoms with Gasteiger partial charge in [-0.25, -0.2) is 4.79 Å². The van der Waals surface area contributed by atoms with E-state index in [9.17, 15) is 4.79 Å². The summed E-state index contributed by atoms with van der Waals surface area (Å²) in [6.45, 7) is 0. The molecule has 1 atom stereocenters. The highest BCUT2D eigenvalue weighted by Gasteiger charge is 2.06. The summed E-state index contributed by atoms with van der Waals surface area (Å²) in [6.07, 6.45) is 7.96. The molecule has 0 spiro atoms. The molecule has 0 radical (unpaired) electrons. The van der Waals surface area contributed by atoms with Crippen LogP contribution in [0.15, 0.2) is 24.5 Å². The molecule has 0 aromatic rings. The molecule has 0 aromatic carbocycles. The molecule has 60 valence electrons. The van der Waals surface area contributed by atoms with Crippen LogP contribution in [0.3, 0.4) is 0 Å². The summed E-state index contributed by atoms with van der Waals surface area (Å²) in [7, 11) is 0. The lowest BCUT2D eigenvalue weighted by Crippen LogP contribution is -2.09. The van der Waals surface area contributed by atoms with Gasteiger partial charge in [-0.15, -0.1) is 0 Å². The summed E-state index contributed by atoms with van der Waals surface area (Å²) in [6, 6.07) is 0. The largest absolute Gasteiger partial charge is 0.494 e. The maximum Gasteiger partial charge on any atom is 0.328 e. The Balaban J connectivity index is 2.37. The van der Waals surface area contributed by atoms with E-state index in [0.717, 1.165) is 18.9 Å². The molecule has 0 aliphatic carbocycles. The summed E-state index contributed by atoms with van der Waals surface area (Å²) >= 11 is 0. The first kappa shape index (κ1) is 7.85. The predicted molar refractivity (Wildman–Crippen MR) is 40.0 cm³/mol. The number of rotatable bonds is 2. The molecule has 0 bridgehead atoms. The van der Waals surface area contributed by atoms with Gasteiger partial charge in [0.05, 0.1) is 6.26 Å². The molecule has 0 saturated carbocycles. The first-order valence-electron chi connectivity index (χ1n) is 3.50. The van der Waals surface area contributed by atoms with Crippen LogP contribution in [-0.4, -0.2) is 17.2 Å². The average Bonchev–Trinajstić information content (AvgIpc) is 2.03. The molecule has 1 rings (SSSR count). The quantitative estimate of drug-likeness (QED) is 0.610. The number of carbonyl (C=O) groups is 1. The maximum atomic E-state index is 10.1. The van der Waals surface area contributed by atoms with Crippen molar-refractivity contribution < 1.29 is 14.6 Å². The van der Waals surface area contributed by atoms with Crippen LogP contribution in [0.4, 0.5) is 0 Å². The first-order chi connectivity index (χ1) is 5.29. The monoisotopic (exact) mass is 154 g/mol. The number of hydrogen-bond acceptors (Lipinski definition) is 2. The lowest BCUT2D eigenvalue weighted by molar-refractivity contribution is -0.131. The van der Waals surface area contributed by atoms with Crippen LogP contribution in [0.2, 0.25) is 0 Å². The van der Waals surface area contributed by atoms with Crippen LogP contribution < -0.4 is 0 Å². The molecule has 0 fully saturated rings. The Labute approximate surface area is 65.0 Å². The summed E-state index contributed by atoms with van der Waals surface area (Å²) < 4.78 is 5.10. The highest BCUT2D eigenvalue weighted by atomic mass is 16.5. The van der Waals surface area contributed by atoms with Gasteiger partial charge in [-0.3, -0.25) is 0 Å². The Morgan fingerprint density at radius 2 is 2.55 bits per heavy atom. The second kappa shape index (κ2) is 3.81. The summed E-state index contributed by atoms with van der Waals surface area (Å²) in [5.74, 6) is -0.928.